The Balaban J connectivity index is 1.72. The third-order valence-electron chi connectivity index (χ3n) is 3.69. The van der Waals surface area contributed by atoms with Crippen LogP contribution in [-0.2, 0) is 4.74 Å². The van der Waals surface area contributed by atoms with E-state index in [1.165, 1.54) is 0 Å². The largest absolute Gasteiger partial charge is 0.487 e. The molecule has 1 aliphatic heterocycles. The summed E-state index contributed by atoms with van der Waals surface area (Å²) in [6, 6.07) is 5.06. The molecule has 0 amide bonds. The van der Waals surface area contributed by atoms with E-state index in [9.17, 15) is 10.1 Å². The maximum atomic E-state index is 11.0. The summed E-state index contributed by atoms with van der Waals surface area (Å²) in [5, 5.41) is 11.0. The number of hydrogen-bond acceptors (Lipinski definition) is 4. The molecule has 6 heteroatoms. The minimum absolute atomic E-state index is 0.0498. The van der Waals surface area contributed by atoms with Gasteiger partial charge in [-0.05, 0) is 31.4 Å². The molecule has 0 aliphatic carbocycles. The third-order valence-corrected chi connectivity index (χ3v) is 3.69. The predicted molar refractivity (Wildman–Crippen MR) is 78.9 cm³/mol. The fourth-order valence-corrected chi connectivity index (χ4v) is 2.46. The minimum atomic E-state index is -0.389. The molecular formula is C15H23N2O4+. The highest BCUT2D eigenvalue weighted by molar-refractivity contribution is 5.48. The number of nitro groups is 1. The van der Waals surface area contributed by atoms with Crippen LogP contribution in [0.5, 0.6) is 5.75 Å². The fraction of sp³-hybridized carbons (Fsp3) is 0.600. The number of nitrogens with zero attached hydrogens (tertiary/aromatic N) is 1. The molecule has 0 saturated carbocycles. The van der Waals surface area contributed by atoms with E-state index >= 15 is 0 Å². The lowest BCUT2D eigenvalue weighted by atomic mass is 10.2. The lowest BCUT2D eigenvalue weighted by Gasteiger charge is -2.23. The van der Waals surface area contributed by atoms with Crippen LogP contribution >= 0.6 is 0 Å². The van der Waals surface area contributed by atoms with E-state index < -0.39 is 0 Å². The van der Waals surface area contributed by atoms with Gasteiger partial charge in [0.15, 0.2) is 5.75 Å². The zero-order chi connectivity index (χ0) is 15.1. The van der Waals surface area contributed by atoms with E-state index in [1.807, 2.05) is 13.0 Å². The van der Waals surface area contributed by atoms with Crippen molar-refractivity contribution in [3.8, 4) is 5.75 Å². The zero-order valence-electron chi connectivity index (χ0n) is 12.5. The molecule has 116 valence electrons. The number of ether oxygens (including phenoxy) is 2. The van der Waals surface area contributed by atoms with E-state index in [4.69, 9.17) is 9.47 Å². The Morgan fingerprint density at radius 1 is 1.33 bits per heavy atom. The summed E-state index contributed by atoms with van der Waals surface area (Å²) in [6.45, 7) is 7.32. The monoisotopic (exact) mass is 295 g/mol. The summed E-state index contributed by atoms with van der Waals surface area (Å²) in [7, 11) is 0. The number of unbranched alkanes of at least 4 members (excludes halogenated alkanes) is 1. The Labute approximate surface area is 124 Å². The van der Waals surface area contributed by atoms with Gasteiger partial charge < -0.3 is 14.4 Å². The lowest BCUT2D eigenvalue weighted by molar-refractivity contribution is -0.908. The summed E-state index contributed by atoms with van der Waals surface area (Å²) < 4.78 is 10.9. The Hall–Kier alpha value is -1.66. The molecule has 0 bridgehead atoms. The maximum absolute atomic E-state index is 11.0. The SMILES string of the molecule is Cc1ccc(OCCCC[NH+]2CCOCC2)c([N+](=O)[O-])c1. The molecule has 1 aromatic rings. The zero-order valence-corrected chi connectivity index (χ0v) is 12.5. The van der Waals surface area contributed by atoms with Crippen molar-refractivity contribution in [2.75, 3.05) is 39.5 Å². The van der Waals surface area contributed by atoms with Gasteiger partial charge in [-0.3, -0.25) is 10.1 Å². The van der Waals surface area contributed by atoms with Gasteiger partial charge in [0.05, 0.1) is 31.3 Å². The maximum Gasteiger partial charge on any atom is 0.311 e. The van der Waals surface area contributed by atoms with Gasteiger partial charge >= 0.3 is 5.69 Å². The van der Waals surface area contributed by atoms with Gasteiger partial charge in [0.1, 0.15) is 13.1 Å². The van der Waals surface area contributed by atoms with Gasteiger partial charge in [0.25, 0.3) is 0 Å². The first kappa shape index (κ1) is 15.7. The molecule has 1 aliphatic rings. The summed E-state index contributed by atoms with van der Waals surface area (Å²) >= 11 is 0. The summed E-state index contributed by atoms with van der Waals surface area (Å²) in [5.74, 6) is 0.365. The van der Waals surface area contributed by atoms with Crippen LogP contribution in [0, 0.1) is 17.0 Å². The molecule has 1 heterocycles. The first-order valence-corrected chi connectivity index (χ1v) is 7.46. The van der Waals surface area contributed by atoms with E-state index in [0.29, 0.717) is 12.4 Å². The molecule has 0 unspecified atom stereocenters. The van der Waals surface area contributed by atoms with E-state index in [-0.39, 0.29) is 10.6 Å². The number of morpholine rings is 1. The van der Waals surface area contributed by atoms with Crippen LogP contribution < -0.4 is 9.64 Å². The van der Waals surface area contributed by atoms with Crippen LogP contribution in [-0.4, -0.2) is 44.4 Å². The molecule has 1 fully saturated rings. The number of aryl methyl sites for hydroxylation is 1. The number of quaternary nitrogens is 1. The molecule has 0 radical (unpaired) electrons. The second-order valence-corrected chi connectivity index (χ2v) is 5.40. The molecule has 2 rings (SSSR count). The van der Waals surface area contributed by atoms with Gasteiger partial charge in [-0.25, -0.2) is 0 Å². The third kappa shape index (κ3) is 4.99. The smallest absolute Gasteiger partial charge is 0.311 e. The molecule has 0 atom stereocenters. The summed E-state index contributed by atoms with van der Waals surface area (Å²) in [4.78, 5) is 12.2. The molecule has 1 saturated heterocycles. The highest BCUT2D eigenvalue weighted by atomic mass is 16.6. The molecule has 0 aromatic heterocycles. The summed E-state index contributed by atoms with van der Waals surface area (Å²) in [5.41, 5.74) is 0.916. The van der Waals surface area contributed by atoms with Crippen molar-refractivity contribution >= 4 is 5.69 Å². The lowest BCUT2D eigenvalue weighted by Crippen LogP contribution is -3.14. The van der Waals surface area contributed by atoms with Crippen LogP contribution in [0.15, 0.2) is 18.2 Å². The standard InChI is InChI=1S/C15H22N2O4/c1-13-4-5-15(14(12-13)17(18)19)21-9-3-2-6-16-7-10-20-11-8-16/h4-5,12H,2-3,6-11H2,1H3/p+1. The molecule has 1 aromatic carbocycles. The highest BCUT2D eigenvalue weighted by Crippen LogP contribution is 2.27. The van der Waals surface area contributed by atoms with Crippen LogP contribution in [0.25, 0.3) is 0 Å². The van der Waals surface area contributed by atoms with Crippen molar-refractivity contribution in [3.05, 3.63) is 33.9 Å². The first-order valence-electron chi connectivity index (χ1n) is 7.46. The first-order chi connectivity index (χ1) is 10.2. The van der Waals surface area contributed by atoms with E-state index in [2.05, 4.69) is 0 Å². The number of rotatable bonds is 7. The average Bonchev–Trinajstić information content (AvgIpc) is 2.49. The van der Waals surface area contributed by atoms with Gasteiger partial charge in [-0.15, -0.1) is 0 Å². The molecule has 1 N–H and O–H groups in total. The van der Waals surface area contributed by atoms with Crippen molar-refractivity contribution < 1.29 is 19.3 Å². The van der Waals surface area contributed by atoms with Crippen LogP contribution in [0.2, 0.25) is 0 Å². The topological polar surface area (TPSA) is 66.0 Å². The van der Waals surface area contributed by atoms with Gasteiger partial charge in [-0.2, -0.15) is 0 Å². The van der Waals surface area contributed by atoms with E-state index in [1.54, 1.807) is 17.0 Å². The highest BCUT2D eigenvalue weighted by Gasteiger charge is 2.15. The van der Waals surface area contributed by atoms with Gasteiger partial charge in [0, 0.05) is 6.07 Å². The van der Waals surface area contributed by atoms with E-state index in [0.717, 1.165) is 51.3 Å². The predicted octanol–water partition coefficient (Wildman–Crippen LogP) is 0.977. The normalized spacial score (nSPS) is 15.9. The Kier molecular flexibility index (Phi) is 5.95. The van der Waals surface area contributed by atoms with Crippen LogP contribution in [0.1, 0.15) is 18.4 Å². The van der Waals surface area contributed by atoms with Crippen LogP contribution in [0.4, 0.5) is 5.69 Å². The number of hydrogen-bond donors (Lipinski definition) is 1. The summed E-state index contributed by atoms with van der Waals surface area (Å²) in [6.07, 6.45) is 1.98. The van der Waals surface area contributed by atoms with Crippen molar-refractivity contribution in [2.45, 2.75) is 19.8 Å². The second-order valence-electron chi connectivity index (χ2n) is 5.40. The fourth-order valence-electron chi connectivity index (χ4n) is 2.46. The van der Waals surface area contributed by atoms with Gasteiger partial charge in [0.2, 0.25) is 0 Å². The van der Waals surface area contributed by atoms with Crippen molar-refractivity contribution in [1.29, 1.82) is 0 Å². The molecule has 0 spiro atoms. The second kappa shape index (κ2) is 7.95. The number of benzene rings is 1. The Bertz CT molecular complexity index is 473. The average molecular weight is 295 g/mol. The quantitative estimate of drug-likeness (QED) is 0.462. The molecular weight excluding hydrogens is 272 g/mol. The molecule has 6 nitrogen and oxygen atoms in total. The minimum Gasteiger partial charge on any atom is -0.487 e. The van der Waals surface area contributed by atoms with Crippen LogP contribution in [0.3, 0.4) is 0 Å². The molecule has 21 heavy (non-hydrogen) atoms. The van der Waals surface area contributed by atoms with Gasteiger partial charge in [-0.1, -0.05) is 6.07 Å². The van der Waals surface area contributed by atoms with Crippen molar-refractivity contribution in [2.24, 2.45) is 0 Å². The van der Waals surface area contributed by atoms with Crippen molar-refractivity contribution in [3.63, 3.8) is 0 Å². The van der Waals surface area contributed by atoms with Crippen molar-refractivity contribution in [1.82, 2.24) is 0 Å². The Morgan fingerprint density at radius 2 is 2.10 bits per heavy atom. The number of nitro benzene ring substituents is 1. The Morgan fingerprint density at radius 3 is 2.81 bits per heavy atom. The number of nitrogens with one attached hydrogen (secondary N) is 1.